The first kappa shape index (κ1) is 14.7. The molecule has 2 aromatic rings. The fourth-order valence-corrected chi connectivity index (χ4v) is 2.48. The number of ether oxygens (including phenoxy) is 1. The van der Waals surface area contributed by atoms with E-state index in [1.807, 2.05) is 18.2 Å². The molecule has 1 aromatic carbocycles. The van der Waals surface area contributed by atoms with Crippen LogP contribution >= 0.6 is 0 Å². The molecular formula is C17H23NO2. The Hall–Kier alpha value is -1.74. The molecule has 1 unspecified atom stereocenters. The Kier molecular flexibility index (Phi) is 5.24. The summed E-state index contributed by atoms with van der Waals surface area (Å²) in [4.78, 5) is 0. The van der Waals surface area contributed by atoms with Crippen molar-refractivity contribution in [1.29, 1.82) is 0 Å². The summed E-state index contributed by atoms with van der Waals surface area (Å²) in [7, 11) is 1.71. The van der Waals surface area contributed by atoms with Crippen LogP contribution < -0.4 is 10.1 Å². The molecular weight excluding hydrogens is 250 g/mol. The van der Waals surface area contributed by atoms with Crippen LogP contribution in [0.1, 0.15) is 43.2 Å². The zero-order valence-electron chi connectivity index (χ0n) is 12.5. The van der Waals surface area contributed by atoms with Gasteiger partial charge in [-0.25, -0.2) is 0 Å². The fourth-order valence-electron chi connectivity index (χ4n) is 2.48. The predicted molar refractivity (Wildman–Crippen MR) is 81.2 cm³/mol. The van der Waals surface area contributed by atoms with Crippen LogP contribution in [0.2, 0.25) is 0 Å². The summed E-state index contributed by atoms with van der Waals surface area (Å²) in [5, 5.41) is 3.60. The molecule has 3 nitrogen and oxygen atoms in total. The molecule has 1 heterocycles. The first-order valence-corrected chi connectivity index (χ1v) is 7.24. The molecule has 0 aliphatic heterocycles. The van der Waals surface area contributed by atoms with E-state index in [4.69, 9.17) is 9.15 Å². The van der Waals surface area contributed by atoms with Gasteiger partial charge in [-0.3, -0.25) is 0 Å². The molecule has 20 heavy (non-hydrogen) atoms. The van der Waals surface area contributed by atoms with Gasteiger partial charge in [0.1, 0.15) is 11.5 Å². The van der Waals surface area contributed by atoms with Crippen molar-refractivity contribution in [3.8, 4) is 5.75 Å². The molecule has 0 spiro atoms. The van der Waals surface area contributed by atoms with Gasteiger partial charge in [-0.2, -0.15) is 0 Å². The van der Waals surface area contributed by atoms with Gasteiger partial charge in [0.05, 0.1) is 19.4 Å². The highest BCUT2D eigenvalue weighted by Crippen LogP contribution is 2.32. The summed E-state index contributed by atoms with van der Waals surface area (Å²) in [5.74, 6) is 1.94. The Labute approximate surface area is 121 Å². The summed E-state index contributed by atoms with van der Waals surface area (Å²) in [6.07, 6.45) is 3.75. The average Bonchev–Trinajstić information content (AvgIpc) is 2.96. The largest absolute Gasteiger partial charge is 0.496 e. The molecule has 0 saturated carbocycles. The van der Waals surface area contributed by atoms with Crippen LogP contribution in [-0.4, -0.2) is 13.7 Å². The minimum absolute atomic E-state index is 0.111. The van der Waals surface area contributed by atoms with E-state index < -0.39 is 0 Å². The number of para-hydroxylation sites is 1. The van der Waals surface area contributed by atoms with Gasteiger partial charge in [0.15, 0.2) is 0 Å². The predicted octanol–water partition coefficient (Wildman–Crippen LogP) is 3.94. The number of hydrogen-bond donors (Lipinski definition) is 1. The van der Waals surface area contributed by atoms with E-state index in [0.29, 0.717) is 0 Å². The van der Waals surface area contributed by atoms with Gasteiger partial charge in [-0.1, -0.05) is 32.0 Å². The first-order valence-electron chi connectivity index (χ1n) is 7.24. The number of benzene rings is 1. The Balaban J connectivity index is 2.41. The summed E-state index contributed by atoms with van der Waals surface area (Å²) < 4.78 is 11.1. The zero-order chi connectivity index (χ0) is 14.4. The van der Waals surface area contributed by atoms with Gasteiger partial charge in [0, 0.05) is 17.5 Å². The molecule has 0 fully saturated rings. The molecule has 0 aliphatic rings. The minimum atomic E-state index is 0.111. The van der Waals surface area contributed by atoms with Crippen molar-refractivity contribution in [3.05, 3.63) is 53.5 Å². The SMILES string of the molecule is CCCNC(c1ccccc1OC)c1ccoc1CC. The molecule has 1 atom stereocenters. The first-order chi connectivity index (χ1) is 9.81. The fraction of sp³-hybridized carbons (Fsp3) is 0.412. The molecule has 0 amide bonds. The molecule has 0 radical (unpaired) electrons. The molecule has 1 aromatic heterocycles. The lowest BCUT2D eigenvalue weighted by Crippen LogP contribution is -2.24. The van der Waals surface area contributed by atoms with Crippen molar-refractivity contribution in [2.45, 2.75) is 32.7 Å². The third-order valence-corrected chi connectivity index (χ3v) is 3.46. The maximum absolute atomic E-state index is 5.59. The normalized spacial score (nSPS) is 12.3. The van der Waals surface area contributed by atoms with Crippen LogP contribution in [0.25, 0.3) is 0 Å². The number of rotatable bonds is 7. The van der Waals surface area contributed by atoms with Crippen molar-refractivity contribution in [2.75, 3.05) is 13.7 Å². The van der Waals surface area contributed by atoms with E-state index in [1.165, 1.54) is 5.56 Å². The summed E-state index contributed by atoms with van der Waals surface area (Å²) in [6, 6.07) is 10.3. The number of aryl methyl sites for hydroxylation is 1. The highest BCUT2D eigenvalue weighted by atomic mass is 16.5. The molecule has 108 valence electrons. The topological polar surface area (TPSA) is 34.4 Å². The van der Waals surface area contributed by atoms with E-state index >= 15 is 0 Å². The molecule has 3 heteroatoms. The van der Waals surface area contributed by atoms with Crippen molar-refractivity contribution >= 4 is 0 Å². The van der Waals surface area contributed by atoms with Crippen LogP contribution in [-0.2, 0) is 6.42 Å². The standard InChI is InChI=1S/C17H23NO2/c1-4-11-18-17(14-10-12-20-15(14)5-2)13-8-6-7-9-16(13)19-3/h6-10,12,17-18H,4-5,11H2,1-3H3. The zero-order valence-corrected chi connectivity index (χ0v) is 12.5. The second-order valence-electron chi connectivity index (χ2n) is 4.78. The lowest BCUT2D eigenvalue weighted by Gasteiger charge is -2.21. The van der Waals surface area contributed by atoms with Gasteiger partial charge >= 0.3 is 0 Å². The maximum atomic E-state index is 5.59. The lowest BCUT2D eigenvalue weighted by atomic mass is 9.97. The maximum Gasteiger partial charge on any atom is 0.123 e. The summed E-state index contributed by atoms with van der Waals surface area (Å²) in [5.41, 5.74) is 2.35. The number of nitrogens with one attached hydrogen (secondary N) is 1. The Bertz CT molecular complexity index is 533. The highest BCUT2D eigenvalue weighted by molar-refractivity contribution is 5.42. The monoisotopic (exact) mass is 273 g/mol. The summed E-state index contributed by atoms with van der Waals surface area (Å²) in [6.45, 7) is 5.24. The minimum Gasteiger partial charge on any atom is -0.496 e. The molecule has 0 saturated heterocycles. The van der Waals surface area contributed by atoms with E-state index in [1.54, 1.807) is 13.4 Å². The van der Waals surface area contributed by atoms with E-state index in [9.17, 15) is 0 Å². The van der Waals surface area contributed by atoms with Crippen LogP contribution in [0.4, 0.5) is 0 Å². The van der Waals surface area contributed by atoms with Crippen LogP contribution in [0.15, 0.2) is 41.0 Å². The Morgan fingerprint density at radius 1 is 1.15 bits per heavy atom. The number of methoxy groups -OCH3 is 1. The molecule has 2 rings (SSSR count). The Morgan fingerprint density at radius 3 is 2.65 bits per heavy atom. The van der Waals surface area contributed by atoms with E-state index in [0.717, 1.165) is 36.5 Å². The molecule has 1 N–H and O–H groups in total. The second kappa shape index (κ2) is 7.15. The number of hydrogen-bond acceptors (Lipinski definition) is 3. The van der Waals surface area contributed by atoms with E-state index in [2.05, 4.69) is 31.3 Å². The average molecular weight is 273 g/mol. The quantitative estimate of drug-likeness (QED) is 0.829. The van der Waals surface area contributed by atoms with Gasteiger partial charge in [0.25, 0.3) is 0 Å². The van der Waals surface area contributed by atoms with Crippen LogP contribution in [0.5, 0.6) is 5.75 Å². The van der Waals surface area contributed by atoms with Crippen molar-refractivity contribution in [3.63, 3.8) is 0 Å². The Morgan fingerprint density at radius 2 is 1.95 bits per heavy atom. The van der Waals surface area contributed by atoms with E-state index in [-0.39, 0.29) is 6.04 Å². The van der Waals surface area contributed by atoms with Gasteiger partial charge in [0.2, 0.25) is 0 Å². The summed E-state index contributed by atoms with van der Waals surface area (Å²) >= 11 is 0. The van der Waals surface area contributed by atoms with Gasteiger partial charge in [-0.15, -0.1) is 0 Å². The smallest absolute Gasteiger partial charge is 0.123 e. The lowest BCUT2D eigenvalue weighted by molar-refractivity contribution is 0.403. The third kappa shape index (κ3) is 3.05. The molecule has 0 bridgehead atoms. The van der Waals surface area contributed by atoms with Crippen molar-refractivity contribution in [1.82, 2.24) is 5.32 Å². The molecule has 0 aliphatic carbocycles. The van der Waals surface area contributed by atoms with Crippen LogP contribution in [0, 0.1) is 0 Å². The number of furan rings is 1. The highest BCUT2D eigenvalue weighted by Gasteiger charge is 2.21. The van der Waals surface area contributed by atoms with Crippen molar-refractivity contribution < 1.29 is 9.15 Å². The third-order valence-electron chi connectivity index (χ3n) is 3.46. The van der Waals surface area contributed by atoms with Gasteiger partial charge < -0.3 is 14.5 Å². The van der Waals surface area contributed by atoms with Gasteiger partial charge in [-0.05, 0) is 25.1 Å². The second-order valence-corrected chi connectivity index (χ2v) is 4.78. The van der Waals surface area contributed by atoms with Crippen LogP contribution in [0.3, 0.4) is 0 Å². The van der Waals surface area contributed by atoms with Crippen molar-refractivity contribution in [2.24, 2.45) is 0 Å².